The molecule has 4 nitrogen and oxygen atoms in total. The summed E-state index contributed by atoms with van der Waals surface area (Å²) in [7, 11) is 0. The van der Waals surface area contributed by atoms with E-state index in [4.69, 9.17) is 0 Å². The van der Waals surface area contributed by atoms with E-state index in [9.17, 15) is 4.79 Å². The SMILES string of the molecule is CCNC(=O)CCCCn1ccnc1C. The standard InChI is InChI=1S/C11H19N3O/c1-3-12-11(15)6-4-5-8-14-9-7-13-10(14)2/h7,9H,3-6,8H2,1-2H3,(H,12,15). The van der Waals surface area contributed by atoms with Crippen LogP contribution in [-0.2, 0) is 11.3 Å². The fourth-order valence-electron chi connectivity index (χ4n) is 1.49. The maximum absolute atomic E-state index is 11.1. The topological polar surface area (TPSA) is 46.9 Å². The highest BCUT2D eigenvalue weighted by Gasteiger charge is 2.00. The zero-order valence-corrected chi connectivity index (χ0v) is 9.49. The molecule has 0 atom stereocenters. The Morgan fingerprint density at radius 2 is 2.33 bits per heavy atom. The Morgan fingerprint density at radius 1 is 1.53 bits per heavy atom. The van der Waals surface area contributed by atoms with Crippen LogP contribution in [0.2, 0.25) is 0 Å². The Bertz CT molecular complexity index is 307. The smallest absolute Gasteiger partial charge is 0.219 e. The van der Waals surface area contributed by atoms with Gasteiger partial charge in [0.25, 0.3) is 0 Å². The molecule has 0 aliphatic rings. The Balaban J connectivity index is 2.12. The van der Waals surface area contributed by atoms with Gasteiger partial charge in [0.05, 0.1) is 0 Å². The van der Waals surface area contributed by atoms with Crippen molar-refractivity contribution in [1.82, 2.24) is 14.9 Å². The molecule has 0 aliphatic carbocycles. The predicted molar refractivity (Wildman–Crippen MR) is 59.5 cm³/mol. The number of rotatable bonds is 6. The summed E-state index contributed by atoms with van der Waals surface area (Å²) < 4.78 is 2.11. The predicted octanol–water partition coefficient (Wildman–Crippen LogP) is 1.50. The van der Waals surface area contributed by atoms with Crippen LogP contribution in [0, 0.1) is 6.92 Å². The molecule has 1 heterocycles. The van der Waals surface area contributed by atoms with Gasteiger partial charge in [-0.2, -0.15) is 0 Å². The average molecular weight is 209 g/mol. The lowest BCUT2D eigenvalue weighted by Crippen LogP contribution is -2.22. The first-order chi connectivity index (χ1) is 7.24. The fraction of sp³-hybridized carbons (Fsp3) is 0.636. The van der Waals surface area contributed by atoms with Crippen LogP contribution in [0.3, 0.4) is 0 Å². The molecule has 15 heavy (non-hydrogen) atoms. The van der Waals surface area contributed by atoms with Gasteiger partial charge in [-0.25, -0.2) is 4.98 Å². The number of hydrogen-bond donors (Lipinski definition) is 1. The molecule has 0 bridgehead atoms. The summed E-state index contributed by atoms with van der Waals surface area (Å²) in [6.45, 7) is 5.60. The molecule has 0 aromatic carbocycles. The minimum atomic E-state index is 0.153. The van der Waals surface area contributed by atoms with Gasteiger partial charge in [0.2, 0.25) is 5.91 Å². The molecule has 0 unspecified atom stereocenters. The number of unbranched alkanes of at least 4 members (excludes halogenated alkanes) is 1. The molecule has 0 saturated carbocycles. The summed E-state index contributed by atoms with van der Waals surface area (Å²) >= 11 is 0. The van der Waals surface area contributed by atoms with Crippen molar-refractivity contribution in [3.8, 4) is 0 Å². The molecule has 1 amide bonds. The van der Waals surface area contributed by atoms with Crippen molar-refractivity contribution < 1.29 is 4.79 Å². The maximum atomic E-state index is 11.1. The minimum absolute atomic E-state index is 0.153. The molecular formula is C11H19N3O. The van der Waals surface area contributed by atoms with E-state index in [0.29, 0.717) is 6.42 Å². The van der Waals surface area contributed by atoms with Gasteiger partial charge in [0.15, 0.2) is 0 Å². The number of nitrogens with one attached hydrogen (secondary N) is 1. The van der Waals surface area contributed by atoms with Crippen LogP contribution in [0.25, 0.3) is 0 Å². The Labute approximate surface area is 90.7 Å². The van der Waals surface area contributed by atoms with Gasteiger partial charge in [-0.15, -0.1) is 0 Å². The number of carbonyl (C=O) groups excluding carboxylic acids is 1. The Hall–Kier alpha value is -1.32. The van der Waals surface area contributed by atoms with Gasteiger partial charge in [-0.3, -0.25) is 4.79 Å². The number of hydrogen-bond acceptors (Lipinski definition) is 2. The third-order valence-electron chi connectivity index (χ3n) is 2.35. The van der Waals surface area contributed by atoms with E-state index in [2.05, 4.69) is 14.9 Å². The van der Waals surface area contributed by atoms with Gasteiger partial charge in [-0.1, -0.05) is 0 Å². The second kappa shape index (κ2) is 6.22. The van der Waals surface area contributed by atoms with E-state index in [-0.39, 0.29) is 5.91 Å². The quantitative estimate of drug-likeness (QED) is 0.722. The van der Waals surface area contributed by atoms with Gasteiger partial charge >= 0.3 is 0 Å². The first-order valence-corrected chi connectivity index (χ1v) is 5.48. The molecule has 1 rings (SSSR count). The van der Waals surface area contributed by atoms with Crippen molar-refractivity contribution >= 4 is 5.91 Å². The second-order valence-corrected chi connectivity index (χ2v) is 3.58. The van der Waals surface area contributed by atoms with Crippen LogP contribution in [0.4, 0.5) is 0 Å². The van der Waals surface area contributed by atoms with Crippen molar-refractivity contribution in [2.45, 2.75) is 39.7 Å². The normalized spacial score (nSPS) is 10.3. The number of amides is 1. The Morgan fingerprint density at radius 3 is 2.93 bits per heavy atom. The molecule has 4 heteroatoms. The van der Waals surface area contributed by atoms with Gasteiger partial charge in [0.1, 0.15) is 5.82 Å². The van der Waals surface area contributed by atoms with E-state index in [1.165, 1.54) is 0 Å². The first-order valence-electron chi connectivity index (χ1n) is 5.48. The average Bonchev–Trinajstić information content (AvgIpc) is 2.60. The summed E-state index contributed by atoms with van der Waals surface area (Å²) in [4.78, 5) is 15.3. The lowest BCUT2D eigenvalue weighted by Gasteiger charge is -2.04. The van der Waals surface area contributed by atoms with Crippen LogP contribution in [0.15, 0.2) is 12.4 Å². The van der Waals surface area contributed by atoms with Crippen molar-refractivity contribution in [3.05, 3.63) is 18.2 Å². The summed E-state index contributed by atoms with van der Waals surface area (Å²) in [5.74, 6) is 1.19. The number of carbonyl (C=O) groups is 1. The summed E-state index contributed by atoms with van der Waals surface area (Å²) in [5, 5.41) is 2.79. The molecule has 0 fully saturated rings. The number of nitrogens with zero attached hydrogens (tertiary/aromatic N) is 2. The molecule has 0 aliphatic heterocycles. The molecule has 84 valence electrons. The molecule has 0 radical (unpaired) electrons. The molecule has 0 saturated heterocycles. The summed E-state index contributed by atoms with van der Waals surface area (Å²) in [6, 6.07) is 0. The van der Waals surface area contributed by atoms with Crippen LogP contribution in [-0.4, -0.2) is 22.0 Å². The van der Waals surface area contributed by atoms with Crippen LogP contribution >= 0.6 is 0 Å². The van der Waals surface area contributed by atoms with Gasteiger partial charge in [-0.05, 0) is 26.7 Å². The molecule has 1 N–H and O–H groups in total. The number of aromatic nitrogens is 2. The van der Waals surface area contributed by atoms with E-state index in [0.717, 1.165) is 31.8 Å². The van der Waals surface area contributed by atoms with E-state index in [1.807, 2.05) is 20.0 Å². The molecule has 1 aromatic heterocycles. The zero-order chi connectivity index (χ0) is 11.1. The monoisotopic (exact) mass is 209 g/mol. The second-order valence-electron chi connectivity index (χ2n) is 3.58. The molecule has 1 aromatic rings. The Kier molecular flexibility index (Phi) is 4.87. The minimum Gasteiger partial charge on any atom is -0.356 e. The van der Waals surface area contributed by atoms with Gasteiger partial charge in [0, 0.05) is 31.9 Å². The van der Waals surface area contributed by atoms with Crippen molar-refractivity contribution in [3.63, 3.8) is 0 Å². The third kappa shape index (κ3) is 4.14. The van der Waals surface area contributed by atoms with Crippen molar-refractivity contribution in [1.29, 1.82) is 0 Å². The number of aryl methyl sites for hydroxylation is 2. The largest absolute Gasteiger partial charge is 0.356 e. The third-order valence-corrected chi connectivity index (χ3v) is 2.35. The van der Waals surface area contributed by atoms with Crippen LogP contribution in [0.5, 0.6) is 0 Å². The lowest BCUT2D eigenvalue weighted by molar-refractivity contribution is -0.121. The molecular weight excluding hydrogens is 190 g/mol. The van der Waals surface area contributed by atoms with E-state index >= 15 is 0 Å². The highest BCUT2D eigenvalue weighted by Crippen LogP contribution is 2.01. The highest BCUT2D eigenvalue weighted by molar-refractivity contribution is 5.75. The van der Waals surface area contributed by atoms with Crippen molar-refractivity contribution in [2.24, 2.45) is 0 Å². The van der Waals surface area contributed by atoms with Crippen LogP contribution < -0.4 is 5.32 Å². The van der Waals surface area contributed by atoms with E-state index in [1.54, 1.807) is 6.20 Å². The van der Waals surface area contributed by atoms with Gasteiger partial charge < -0.3 is 9.88 Å². The maximum Gasteiger partial charge on any atom is 0.219 e. The summed E-state index contributed by atoms with van der Waals surface area (Å²) in [6.07, 6.45) is 6.36. The number of imidazole rings is 1. The fourth-order valence-corrected chi connectivity index (χ4v) is 1.49. The zero-order valence-electron chi connectivity index (χ0n) is 9.49. The first kappa shape index (κ1) is 11.8. The van der Waals surface area contributed by atoms with Crippen LogP contribution in [0.1, 0.15) is 32.0 Å². The highest BCUT2D eigenvalue weighted by atomic mass is 16.1. The summed E-state index contributed by atoms with van der Waals surface area (Å²) in [5.41, 5.74) is 0. The lowest BCUT2D eigenvalue weighted by atomic mass is 10.2. The van der Waals surface area contributed by atoms with Crippen molar-refractivity contribution in [2.75, 3.05) is 6.54 Å². The van der Waals surface area contributed by atoms with E-state index < -0.39 is 0 Å². The molecule has 0 spiro atoms.